The van der Waals surface area contributed by atoms with Crippen LogP contribution in [0.25, 0.3) is 5.65 Å². The minimum Gasteiger partial charge on any atom is -0.369 e. The Bertz CT molecular complexity index is 913. The van der Waals surface area contributed by atoms with E-state index in [4.69, 9.17) is 5.73 Å². The lowest BCUT2D eigenvalue weighted by Gasteiger charge is -2.06. The summed E-state index contributed by atoms with van der Waals surface area (Å²) in [5.41, 5.74) is 7.58. The minimum atomic E-state index is -0.481. The molecule has 2 heterocycles. The van der Waals surface area contributed by atoms with Crippen LogP contribution in [0.4, 0.5) is 16.0 Å². The van der Waals surface area contributed by atoms with Crippen LogP contribution in [0.3, 0.4) is 0 Å². The molecule has 2 aromatic heterocycles. The van der Waals surface area contributed by atoms with Crippen molar-refractivity contribution in [2.45, 2.75) is 24.9 Å². The smallest absolute Gasteiger partial charge is 0.234 e. The van der Waals surface area contributed by atoms with Crippen LogP contribution in [0.5, 0.6) is 0 Å². The third-order valence-electron chi connectivity index (χ3n) is 3.43. The fourth-order valence-corrected chi connectivity index (χ4v) is 3.07. The molecule has 130 valence electrons. The largest absolute Gasteiger partial charge is 0.369 e. The summed E-state index contributed by atoms with van der Waals surface area (Å²) in [5.74, 6) is -0.500. The summed E-state index contributed by atoms with van der Waals surface area (Å²) in [6.45, 7) is 2.06. The Morgan fingerprint density at radius 2 is 2.16 bits per heavy atom. The van der Waals surface area contributed by atoms with Crippen LogP contribution in [0, 0.1) is 5.82 Å². The third-order valence-corrected chi connectivity index (χ3v) is 4.36. The van der Waals surface area contributed by atoms with Gasteiger partial charge in [0.1, 0.15) is 5.82 Å². The monoisotopic (exact) mass is 360 g/mol. The van der Waals surface area contributed by atoms with Gasteiger partial charge < -0.3 is 11.1 Å². The van der Waals surface area contributed by atoms with E-state index in [1.807, 2.05) is 6.07 Å². The molecule has 1 aromatic carbocycles. The summed E-state index contributed by atoms with van der Waals surface area (Å²) >= 11 is 1.16. The molecule has 0 fully saturated rings. The molecule has 0 saturated carbocycles. The number of carbonyl (C=O) groups excluding carboxylic acids is 1. The summed E-state index contributed by atoms with van der Waals surface area (Å²) < 4.78 is 15.2. The van der Waals surface area contributed by atoms with Crippen molar-refractivity contribution in [3.05, 3.63) is 41.8 Å². The molecule has 0 aliphatic rings. The van der Waals surface area contributed by atoms with Gasteiger partial charge in [-0.3, -0.25) is 4.79 Å². The maximum atomic E-state index is 13.6. The molecule has 3 rings (SSSR count). The van der Waals surface area contributed by atoms with E-state index in [-0.39, 0.29) is 23.3 Å². The SMILES string of the molecule is CCCc1cc2nnc(SCC(=O)Nc3ccccc3F)n2c(N)n1. The molecular formula is C16H17FN6OS. The van der Waals surface area contributed by atoms with E-state index in [2.05, 4.69) is 27.4 Å². The topological polar surface area (TPSA) is 98.2 Å². The number of hydrogen-bond acceptors (Lipinski definition) is 6. The first-order valence-electron chi connectivity index (χ1n) is 7.76. The van der Waals surface area contributed by atoms with E-state index in [0.717, 1.165) is 30.3 Å². The van der Waals surface area contributed by atoms with Crippen LogP contribution in [-0.2, 0) is 11.2 Å². The van der Waals surface area contributed by atoms with Crippen molar-refractivity contribution >= 4 is 35.0 Å². The summed E-state index contributed by atoms with van der Waals surface area (Å²) in [7, 11) is 0. The number of rotatable bonds is 6. The van der Waals surface area contributed by atoms with Gasteiger partial charge in [0.05, 0.1) is 11.4 Å². The second-order valence-electron chi connectivity index (χ2n) is 5.35. The van der Waals surface area contributed by atoms with E-state index in [0.29, 0.717) is 10.8 Å². The van der Waals surface area contributed by atoms with Crippen molar-refractivity contribution in [1.82, 2.24) is 19.6 Å². The number of nitrogens with two attached hydrogens (primary N) is 1. The summed E-state index contributed by atoms with van der Waals surface area (Å²) in [4.78, 5) is 16.3. The lowest BCUT2D eigenvalue weighted by molar-refractivity contribution is -0.113. The predicted octanol–water partition coefficient (Wildman–Crippen LogP) is 2.53. The van der Waals surface area contributed by atoms with Crippen LogP contribution >= 0.6 is 11.8 Å². The zero-order chi connectivity index (χ0) is 17.8. The number of carbonyl (C=O) groups is 1. The van der Waals surface area contributed by atoms with E-state index in [1.165, 1.54) is 12.1 Å². The first-order chi connectivity index (χ1) is 12.1. The zero-order valence-corrected chi connectivity index (χ0v) is 14.4. The van der Waals surface area contributed by atoms with Gasteiger partial charge in [-0.05, 0) is 18.6 Å². The number of aryl methyl sites for hydroxylation is 1. The van der Waals surface area contributed by atoms with Gasteiger partial charge >= 0.3 is 0 Å². The number of thioether (sulfide) groups is 1. The average Bonchev–Trinajstić information content (AvgIpc) is 2.99. The highest BCUT2D eigenvalue weighted by Crippen LogP contribution is 2.21. The van der Waals surface area contributed by atoms with Crippen LogP contribution in [0.1, 0.15) is 19.0 Å². The number of para-hydroxylation sites is 1. The molecule has 0 saturated heterocycles. The molecule has 0 atom stereocenters. The standard InChI is InChI=1S/C16H17FN6OS/c1-2-5-10-8-13-21-22-16(23(13)15(18)19-10)25-9-14(24)20-12-7-4-3-6-11(12)17/h3-4,6-8H,2,5,9H2,1H3,(H2,18,19)(H,20,24). The van der Waals surface area contributed by atoms with Gasteiger partial charge in [-0.2, -0.15) is 0 Å². The molecule has 0 bridgehead atoms. The Morgan fingerprint density at radius 3 is 2.92 bits per heavy atom. The average molecular weight is 360 g/mol. The highest BCUT2D eigenvalue weighted by molar-refractivity contribution is 7.99. The van der Waals surface area contributed by atoms with Gasteiger partial charge in [0.25, 0.3) is 0 Å². The predicted molar refractivity (Wildman–Crippen MR) is 94.9 cm³/mol. The highest BCUT2D eigenvalue weighted by atomic mass is 32.2. The molecule has 25 heavy (non-hydrogen) atoms. The van der Waals surface area contributed by atoms with Crippen molar-refractivity contribution in [1.29, 1.82) is 0 Å². The van der Waals surface area contributed by atoms with Crippen molar-refractivity contribution in [3.63, 3.8) is 0 Å². The Labute approximate surface area is 147 Å². The summed E-state index contributed by atoms with van der Waals surface area (Å²) in [6, 6.07) is 7.83. The fraction of sp³-hybridized carbons (Fsp3) is 0.250. The van der Waals surface area contributed by atoms with Crippen molar-refractivity contribution < 1.29 is 9.18 Å². The number of nitrogen functional groups attached to an aromatic ring is 1. The second kappa shape index (κ2) is 7.47. The molecule has 0 aliphatic carbocycles. The van der Waals surface area contributed by atoms with Crippen molar-refractivity contribution in [2.24, 2.45) is 0 Å². The molecule has 3 aromatic rings. The number of nitrogens with one attached hydrogen (secondary N) is 1. The number of hydrogen-bond donors (Lipinski definition) is 2. The molecule has 0 spiro atoms. The third kappa shape index (κ3) is 3.87. The Balaban J connectivity index is 1.71. The summed E-state index contributed by atoms with van der Waals surface area (Å²) in [5, 5.41) is 11.1. The first kappa shape index (κ1) is 17.2. The fourth-order valence-electron chi connectivity index (χ4n) is 2.33. The van der Waals surface area contributed by atoms with E-state index >= 15 is 0 Å². The molecule has 1 amide bonds. The highest BCUT2D eigenvalue weighted by Gasteiger charge is 2.14. The molecule has 0 radical (unpaired) electrons. The van der Waals surface area contributed by atoms with Gasteiger partial charge in [0, 0.05) is 11.8 Å². The zero-order valence-electron chi connectivity index (χ0n) is 13.6. The number of aromatic nitrogens is 4. The van der Waals surface area contributed by atoms with Crippen LogP contribution in [0.2, 0.25) is 0 Å². The van der Waals surface area contributed by atoms with Crippen molar-refractivity contribution in [3.8, 4) is 0 Å². The van der Waals surface area contributed by atoms with Gasteiger partial charge in [-0.15, -0.1) is 10.2 Å². The summed E-state index contributed by atoms with van der Waals surface area (Å²) in [6.07, 6.45) is 1.76. The number of anilines is 2. The molecule has 0 aliphatic heterocycles. The minimum absolute atomic E-state index is 0.0469. The first-order valence-corrected chi connectivity index (χ1v) is 8.74. The Morgan fingerprint density at radius 1 is 1.36 bits per heavy atom. The maximum Gasteiger partial charge on any atom is 0.234 e. The van der Waals surface area contributed by atoms with Gasteiger partial charge in [-0.25, -0.2) is 13.8 Å². The molecule has 9 heteroatoms. The molecule has 3 N–H and O–H groups in total. The lowest BCUT2D eigenvalue weighted by atomic mass is 10.2. The van der Waals surface area contributed by atoms with Gasteiger partial charge in [0.2, 0.25) is 11.9 Å². The molecular weight excluding hydrogens is 343 g/mol. The number of nitrogens with zero attached hydrogens (tertiary/aromatic N) is 4. The number of amides is 1. The van der Waals surface area contributed by atoms with Gasteiger partial charge in [-0.1, -0.05) is 37.2 Å². The van der Waals surface area contributed by atoms with Gasteiger partial charge in [0.15, 0.2) is 10.8 Å². The van der Waals surface area contributed by atoms with Crippen LogP contribution in [0.15, 0.2) is 35.5 Å². The van der Waals surface area contributed by atoms with Crippen LogP contribution < -0.4 is 11.1 Å². The Hall–Kier alpha value is -2.68. The van der Waals surface area contributed by atoms with Crippen LogP contribution in [-0.4, -0.2) is 31.2 Å². The molecule has 7 nitrogen and oxygen atoms in total. The van der Waals surface area contributed by atoms with Crippen molar-refractivity contribution in [2.75, 3.05) is 16.8 Å². The maximum absolute atomic E-state index is 13.6. The normalized spacial score (nSPS) is 11.0. The van der Waals surface area contributed by atoms with E-state index < -0.39 is 5.82 Å². The number of benzene rings is 1. The lowest BCUT2D eigenvalue weighted by Crippen LogP contribution is -2.15. The Kier molecular flexibility index (Phi) is 5.13. The quantitative estimate of drug-likeness (QED) is 0.656. The number of fused-ring (bicyclic) bond motifs is 1. The number of halogens is 1. The second-order valence-corrected chi connectivity index (χ2v) is 6.29. The molecule has 0 unspecified atom stereocenters. The van der Waals surface area contributed by atoms with E-state index in [9.17, 15) is 9.18 Å². The van der Waals surface area contributed by atoms with E-state index in [1.54, 1.807) is 16.5 Å².